The number of fused-ring (bicyclic) bond motifs is 6. The van der Waals surface area contributed by atoms with Crippen LogP contribution in [0.2, 0.25) is 5.02 Å². The predicted octanol–water partition coefficient (Wildman–Crippen LogP) is 6.03. The maximum absolute atomic E-state index is 14.6. The highest BCUT2D eigenvalue weighted by atomic mass is 35.5. The Balaban J connectivity index is 1.62. The lowest BCUT2D eigenvalue weighted by Gasteiger charge is -2.32. The van der Waals surface area contributed by atoms with Crippen LogP contribution < -0.4 is 15.2 Å². The molecule has 4 heterocycles. The monoisotopic (exact) mass is 541 g/mol. The van der Waals surface area contributed by atoms with E-state index in [4.69, 9.17) is 21.0 Å². The van der Waals surface area contributed by atoms with Crippen molar-refractivity contribution in [2.45, 2.75) is 25.8 Å². The second-order valence-corrected chi connectivity index (χ2v) is 11.0. The summed E-state index contributed by atoms with van der Waals surface area (Å²) in [7, 11) is 0. The molecule has 2 aliphatic rings. The largest absolute Gasteiger partial charge is 0.450 e. The molecule has 38 heavy (non-hydrogen) atoms. The molecule has 0 radical (unpaired) electrons. The highest BCUT2D eigenvalue weighted by Gasteiger charge is 2.66. The Hall–Kier alpha value is -4.01. The maximum atomic E-state index is 14.6. The molecule has 2 aliphatic heterocycles. The summed E-state index contributed by atoms with van der Waals surface area (Å²) in [5.41, 5.74) is 0.986. The van der Waals surface area contributed by atoms with Gasteiger partial charge in [0, 0.05) is 17.1 Å². The molecular weight excluding hydrogens is 522 g/mol. The Morgan fingerprint density at radius 2 is 1.87 bits per heavy atom. The van der Waals surface area contributed by atoms with Gasteiger partial charge in [0.15, 0.2) is 16.1 Å². The van der Waals surface area contributed by atoms with E-state index in [0.29, 0.717) is 39.9 Å². The van der Waals surface area contributed by atoms with Crippen LogP contribution in [-0.2, 0) is 10.3 Å². The van der Waals surface area contributed by atoms with Gasteiger partial charge in [0.05, 0.1) is 26.9 Å². The van der Waals surface area contributed by atoms with Crippen molar-refractivity contribution in [3.05, 3.63) is 98.4 Å². The van der Waals surface area contributed by atoms with Crippen LogP contribution in [0.4, 0.5) is 10.8 Å². The minimum atomic E-state index is -1.75. The standard InChI is InChI=1S/C29H20ClN3O4S/c1-3-12-32-20-7-5-4-6-18(20)29(27(32)36)23-24(34)17-14-16(30)9-11-21(17)37-25(23)26(35)33(29)28-31-19-10-8-15(2)13-22(19)38-28/h4-11,13-14H,3,12H2,1-2H3. The minimum absolute atomic E-state index is 0.00348. The first kappa shape index (κ1) is 23.1. The Kier molecular flexibility index (Phi) is 4.87. The average molecular weight is 542 g/mol. The number of aryl methyl sites for hydroxylation is 1. The zero-order valence-electron chi connectivity index (χ0n) is 20.4. The second kappa shape index (κ2) is 7.99. The van der Waals surface area contributed by atoms with Crippen molar-refractivity contribution in [2.75, 3.05) is 16.3 Å². The molecule has 0 aliphatic carbocycles. The lowest BCUT2D eigenvalue weighted by Crippen LogP contribution is -2.53. The number of hydrogen-bond acceptors (Lipinski definition) is 6. The summed E-state index contributed by atoms with van der Waals surface area (Å²) in [6, 6.07) is 17.8. The van der Waals surface area contributed by atoms with Crippen LogP contribution in [0.3, 0.4) is 0 Å². The van der Waals surface area contributed by atoms with Crippen molar-refractivity contribution in [2.24, 2.45) is 0 Å². The summed E-state index contributed by atoms with van der Waals surface area (Å²) in [5, 5.41) is 0.890. The predicted molar refractivity (Wildman–Crippen MR) is 149 cm³/mol. The number of carbonyl (C=O) groups is 2. The van der Waals surface area contributed by atoms with Gasteiger partial charge in [-0.2, -0.15) is 0 Å². The number of thiazole rings is 1. The summed E-state index contributed by atoms with van der Waals surface area (Å²) < 4.78 is 6.97. The number of para-hydroxylation sites is 1. The quantitative estimate of drug-likeness (QED) is 0.279. The summed E-state index contributed by atoms with van der Waals surface area (Å²) >= 11 is 7.54. The van der Waals surface area contributed by atoms with Crippen LogP contribution in [0.25, 0.3) is 21.2 Å². The zero-order valence-corrected chi connectivity index (χ0v) is 22.0. The third-order valence-electron chi connectivity index (χ3n) is 7.26. The first-order valence-electron chi connectivity index (χ1n) is 12.3. The molecular formula is C29H20ClN3O4S. The first-order valence-corrected chi connectivity index (χ1v) is 13.5. The molecule has 0 bridgehead atoms. The van der Waals surface area contributed by atoms with E-state index in [0.717, 1.165) is 10.3 Å². The van der Waals surface area contributed by atoms with Crippen molar-refractivity contribution >= 4 is 66.8 Å². The maximum Gasteiger partial charge on any atom is 0.297 e. The van der Waals surface area contributed by atoms with Gasteiger partial charge in [-0.05, 0) is 55.3 Å². The molecule has 3 aromatic carbocycles. The lowest BCUT2D eigenvalue weighted by molar-refractivity contribution is -0.121. The number of aromatic nitrogens is 1. The van der Waals surface area contributed by atoms with E-state index in [9.17, 15) is 14.4 Å². The van der Waals surface area contributed by atoms with Gasteiger partial charge >= 0.3 is 0 Å². The van der Waals surface area contributed by atoms with Gasteiger partial charge in [0.1, 0.15) is 5.58 Å². The van der Waals surface area contributed by atoms with E-state index in [-0.39, 0.29) is 28.2 Å². The molecule has 5 aromatic rings. The Morgan fingerprint density at radius 3 is 2.68 bits per heavy atom. The van der Waals surface area contributed by atoms with Gasteiger partial charge in [-0.15, -0.1) is 0 Å². The molecule has 9 heteroatoms. The van der Waals surface area contributed by atoms with E-state index in [2.05, 4.69) is 0 Å². The summed E-state index contributed by atoms with van der Waals surface area (Å²) in [6.07, 6.45) is 0.694. The zero-order chi connectivity index (χ0) is 26.3. The van der Waals surface area contributed by atoms with Crippen molar-refractivity contribution in [3.8, 4) is 0 Å². The van der Waals surface area contributed by atoms with Crippen molar-refractivity contribution < 1.29 is 14.0 Å². The molecule has 1 spiro atoms. The third-order valence-corrected chi connectivity index (χ3v) is 8.50. The highest BCUT2D eigenvalue weighted by molar-refractivity contribution is 7.22. The molecule has 0 N–H and O–H groups in total. The molecule has 0 fully saturated rings. The number of anilines is 2. The summed E-state index contributed by atoms with van der Waals surface area (Å²) in [4.78, 5) is 50.9. The van der Waals surface area contributed by atoms with Crippen LogP contribution in [0.5, 0.6) is 0 Å². The first-order chi connectivity index (χ1) is 18.4. The van der Waals surface area contributed by atoms with Crippen LogP contribution >= 0.6 is 22.9 Å². The molecule has 2 amide bonds. The molecule has 2 aromatic heterocycles. The molecule has 0 saturated carbocycles. The van der Waals surface area contributed by atoms with Crippen LogP contribution in [0.15, 0.2) is 69.9 Å². The van der Waals surface area contributed by atoms with Crippen molar-refractivity contribution in [3.63, 3.8) is 0 Å². The smallest absolute Gasteiger partial charge is 0.297 e. The molecule has 7 rings (SSSR count). The molecule has 1 atom stereocenters. The average Bonchev–Trinajstić information content (AvgIpc) is 3.51. The molecule has 7 nitrogen and oxygen atoms in total. The minimum Gasteiger partial charge on any atom is -0.450 e. The van der Waals surface area contributed by atoms with E-state index in [1.165, 1.54) is 22.3 Å². The Bertz CT molecular complexity index is 1910. The van der Waals surface area contributed by atoms with Crippen LogP contribution in [0, 0.1) is 6.92 Å². The number of halogens is 1. The number of benzene rings is 3. The van der Waals surface area contributed by atoms with Crippen molar-refractivity contribution in [1.29, 1.82) is 0 Å². The van der Waals surface area contributed by atoms with Gasteiger partial charge in [0.2, 0.25) is 5.76 Å². The van der Waals surface area contributed by atoms with Gasteiger partial charge in [0.25, 0.3) is 11.8 Å². The fourth-order valence-corrected chi connectivity index (χ4v) is 6.98. The van der Waals surface area contributed by atoms with Crippen molar-refractivity contribution in [1.82, 2.24) is 4.98 Å². The topological polar surface area (TPSA) is 83.7 Å². The van der Waals surface area contributed by atoms with E-state index < -0.39 is 16.9 Å². The molecule has 188 valence electrons. The summed E-state index contributed by atoms with van der Waals surface area (Å²) in [6.45, 7) is 4.39. The second-order valence-electron chi connectivity index (χ2n) is 9.57. The van der Waals surface area contributed by atoms with Gasteiger partial charge < -0.3 is 9.32 Å². The normalized spacial score (nSPS) is 18.3. The SMILES string of the molecule is CCCN1C(=O)C2(c3ccccc31)c1c(oc3ccc(Cl)cc3c1=O)C(=O)N2c1nc2ccc(C)cc2s1. The fourth-order valence-electron chi connectivity index (χ4n) is 5.70. The fraction of sp³-hybridized carbons (Fsp3) is 0.172. The lowest BCUT2D eigenvalue weighted by atomic mass is 9.84. The number of nitrogens with zero attached hydrogens (tertiary/aromatic N) is 3. The third kappa shape index (κ3) is 2.84. The van der Waals surface area contributed by atoms with E-state index in [1.54, 1.807) is 23.1 Å². The Labute approximate surface area is 225 Å². The van der Waals surface area contributed by atoms with Gasteiger partial charge in [-0.3, -0.25) is 19.3 Å². The van der Waals surface area contributed by atoms with Gasteiger partial charge in [-0.25, -0.2) is 4.98 Å². The number of rotatable bonds is 3. The number of carbonyl (C=O) groups excluding carboxylic acids is 2. The number of amides is 2. The van der Waals surface area contributed by atoms with E-state index in [1.807, 2.05) is 50.2 Å². The number of hydrogen-bond donors (Lipinski definition) is 0. The summed E-state index contributed by atoms with van der Waals surface area (Å²) in [5.74, 6) is -1.11. The highest BCUT2D eigenvalue weighted by Crippen LogP contribution is 2.54. The van der Waals surface area contributed by atoms with Crippen LogP contribution in [0.1, 0.15) is 40.6 Å². The molecule has 1 unspecified atom stereocenters. The van der Waals surface area contributed by atoms with Gasteiger partial charge in [-0.1, -0.05) is 54.1 Å². The molecule has 0 saturated heterocycles. The van der Waals surface area contributed by atoms with E-state index >= 15 is 0 Å². The van der Waals surface area contributed by atoms with Crippen LogP contribution in [-0.4, -0.2) is 23.3 Å². The Morgan fingerprint density at radius 1 is 1.05 bits per heavy atom.